The van der Waals surface area contributed by atoms with E-state index in [4.69, 9.17) is 0 Å². The Bertz CT molecular complexity index is 1170. The second-order valence-corrected chi connectivity index (χ2v) is 9.04. The predicted molar refractivity (Wildman–Crippen MR) is 94.5 cm³/mol. The van der Waals surface area contributed by atoms with Crippen LogP contribution in [0.3, 0.4) is 0 Å². The predicted octanol–water partition coefficient (Wildman–Crippen LogP) is 2.89. The van der Waals surface area contributed by atoms with Gasteiger partial charge in [0.25, 0.3) is 0 Å². The molecule has 1 aliphatic heterocycles. The van der Waals surface area contributed by atoms with E-state index in [0.29, 0.717) is 18.0 Å². The van der Waals surface area contributed by atoms with Gasteiger partial charge in [-0.05, 0) is 31.0 Å². The van der Waals surface area contributed by atoms with Crippen LogP contribution in [0, 0.1) is 6.92 Å². The van der Waals surface area contributed by atoms with Crippen LogP contribution in [-0.4, -0.2) is 44.8 Å². The van der Waals surface area contributed by atoms with E-state index < -0.39 is 27.3 Å². The van der Waals surface area contributed by atoms with Crippen molar-refractivity contribution in [3.8, 4) is 17.0 Å². The minimum atomic E-state index is -4.57. The molecule has 2 aromatic heterocycles. The summed E-state index contributed by atoms with van der Waals surface area (Å²) in [5, 5.41) is 14.4. The van der Waals surface area contributed by atoms with Gasteiger partial charge in [-0.15, -0.1) is 0 Å². The largest absolute Gasteiger partial charge is 0.507 e. The standard InChI is InChI=1S/C17H15F3N4O3S/c1-9-4-10(17(18,19)20)5-14(25)15(9)12-6-21-13-7-24(23-16(13)22-12)11-2-3-28(26,27)8-11/h4-7,11,25H,2-3,8H2,1H3/t11-/m1/s1. The number of hydrogen-bond donors (Lipinski definition) is 1. The smallest absolute Gasteiger partial charge is 0.416 e. The zero-order chi connectivity index (χ0) is 20.3. The quantitative estimate of drug-likeness (QED) is 0.695. The number of alkyl halides is 3. The first-order valence-electron chi connectivity index (χ1n) is 8.37. The molecule has 0 amide bonds. The highest BCUT2D eigenvalue weighted by molar-refractivity contribution is 7.91. The Kier molecular flexibility index (Phi) is 4.11. The topological polar surface area (TPSA) is 98.0 Å². The van der Waals surface area contributed by atoms with Crippen LogP contribution in [0.5, 0.6) is 5.75 Å². The maximum atomic E-state index is 12.9. The van der Waals surface area contributed by atoms with Gasteiger partial charge in [0.1, 0.15) is 11.3 Å². The van der Waals surface area contributed by atoms with E-state index in [0.717, 1.165) is 6.07 Å². The average molecular weight is 412 g/mol. The molecule has 3 heterocycles. The molecule has 11 heteroatoms. The van der Waals surface area contributed by atoms with E-state index in [1.165, 1.54) is 17.8 Å². The number of aromatic nitrogens is 4. The highest BCUT2D eigenvalue weighted by Gasteiger charge is 2.32. The summed E-state index contributed by atoms with van der Waals surface area (Å²) in [6.45, 7) is 1.44. The van der Waals surface area contributed by atoms with Gasteiger partial charge in [0.15, 0.2) is 15.5 Å². The Morgan fingerprint density at radius 2 is 2.04 bits per heavy atom. The lowest BCUT2D eigenvalue weighted by molar-refractivity contribution is -0.137. The van der Waals surface area contributed by atoms with Crippen molar-refractivity contribution in [1.82, 2.24) is 19.7 Å². The summed E-state index contributed by atoms with van der Waals surface area (Å²) in [7, 11) is -3.09. The molecule has 0 radical (unpaired) electrons. The highest BCUT2D eigenvalue weighted by Crippen LogP contribution is 2.38. The van der Waals surface area contributed by atoms with E-state index >= 15 is 0 Å². The summed E-state index contributed by atoms with van der Waals surface area (Å²) in [6, 6.07) is 1.28. The summed E-state index contributed by atoms with van der Waals surface area (Å²) in [4.78, 5) is 8.51. The fourth-order valence-corrected chi connectivity index (χ4v) is 5.08. The van der Waals surface area contributed by atoms with Gasteiger partial charge in [-0.2, -0.15) is 18.3 Å². The van der Waals surface area contributed by atoms with Gasteiger partial charge in [-0.1, -0.05) is 0 Å². The van der Waals surface area contributed by atoms with Gasteiger partial charge in [-0.25, -0.2) is 18.4 Å². The second kappa shape index (κ2) is 6.16. The normalized spacial score (nSPS) is 19.4. The van der Waals surface area contributed by atoms with Crippen molar-refractivity contribution in [3.63, 3.8) is 0 Å². The minimum absolute atomic E-state index is 0.00730. The number of rotatable bonds is 2. The first kappa shape index (κ1) is 18.7. The van der Waals surface area contributed by atoms with Crippen molar-refractivity contribution in [2.45, 2.75) is 25.6 Å². The van der Waals surface area contributed by atoms with Crippen LogP contribution in [0.4, 0.5) is 13.2 Å². The van der Waals surface area contributed by atoms with Crippen molar-refractivity contribution in [2.24, 2.45) is 0 Å². The molecule has 28 heavy (non-hydrogen) atoms. The maximum Gasteiger partial charge on any atom is 0.416 e. The Morgan fingerprint density at radius 1 is 1.29 bits per heavy atom. The van der Waals surface area contributed by atoms with Gasteiger partial charge in [-0.3, -0.25) is 4.68 Å². The summed E-state index contributed by atoms with van der Waals surface area (Å²) in [5.41, 5.74) is 0.216. The molecule has 7 nitrogen and oxygen atoms in total. The molecule has 1 aliphatic rings. The first-order chi connectivity index (χ1) is 13.0. The summed E-state index contributed by atoms with van der Waals surface area (Å²) < 4.78 is 63.5. The molecule has 1 saturated heterocycles. The molecule has 1 fully saturated rings. The van der Waals surface area contributed by atoms with Crippen molar-refractivity contribution >= 4 is 21.0 Å². The molecule has 148 valence electrons. The highest BCUT2D eigenvalue weighted by atomic mass is 32.2. The first-order valence-corrected chi connectivity index (χ1v) is 10.2. The molecule has 0 aliphatic carbocycles. The molecule has 4 rings (SSSR count). The van der Waals surface area contributed by atoms with Crippen LogP contribution in [0.15, 0.2) is 24.5 Å². The molecule has 1 N–H and O–H groups in total. The number of sulfone groups is 1. The SMILES string of the molecule is Cc1cc(C(F)(F)F)cc(O)c1-c1cnc2cn([C@@H]3CCS(=O)(=O)C3)nc2n1. The maximum absolute atomic E-state index is 12.9. The van der Waals surface area contributed by atoms with Crippen molar-refractivity contribution in [2.75, 3.05) is 11.5 Å². The van der Waals surface area contributed by atoms with Crippen LogP contribution < -0.4 is 0 Å². The molecular formula is C17H15F3N4O3S. The fourth-order valence-electron chi connectivity index (χ4n) is 3.37. The number of fused-ring (bicyclic) bond motifs is 1. The van der Waals surface area contributed by atoms with E-state index in [1.807, 2.05) is 0 Å². The third-order valence-corrected chi connectivity index (χ3v) is 6.48. The third-order valence-electron chi connectivity index (χ3n) is 4.73. The molecule has 0 bridgehead atoms. The molecule has 0 saturated carbocycles. The lowest BCUT2D eigenvalue weighted by Crippen LogP contribution is -2.11. The van der Waals surface area contributed by atoms with Crippen LogP contribution in [0.2, 0.25) is 0 Å². The van der Waals surface area contributed by atoms with Crippen LogP contribution in [0.1, 0.15) is 23.6 Å². The molecule has 1 atom stereocenters. The minimum Gasteiger partial charge on any atom is -0.507 e. The molecule has 0 spiro atoms. The summed E-state index contributed by atoms with van der Waals surface area (Å²) >= 11 is 0. The van der Waals surface area contributed by atoms with Crippen LogP contribution in [0.25, 0.3) is 22.4 Å². The van der Waals surface area contributed by atoms with Gasteiger partial charge in [0.2, 0.25) is 0 Å². The van der Waals surface area contributed by atoms with Crippen molar-refractivity contribution in [3.05, 3.63) is 35.7 Å². The number of phenols is 1. The Labute approximate surface area is 157 Å². The van der Waals surface area contributed by atoms with E-state index in [9.17, 15) is 26.7 Å². The number of phenolic OH excluding ortho intramolecular Hbond substituents is 1. The number of aryl methyl sites for hydroxylation is 1. The van der Waals surface area contributed by atoms with E-state index in [2.05, 4.69) is 15.1 Å². The van der Waals surface area contributed by atoms with E-state index in [-0.39, 0.29) is 40.0 Å². The lowest BCUT2D eigenvalue weighted by Gasteiger charge is -2.12. The fraction of sp³-hybridized carbons (Fsp3) is 0.353. The monoisotopic (exact) mass is 412 g/mol. The lowest BCUT2D eigenvalue weighted by atomic mass is 10.0. The Morgan fingerprint density at radius 3 is 2.64 bits per heavy atom. The number of hydrogen-bond acceptors (Lipinski definition) is 6. The van der Waals surface area contributed by atoms with Crippen molar-refractivity contribution < 1.29 is 26.7 Å². The number of aromatic hydroxyl groups is 1. The number of benzene rings is 1. The van der Waals surface area contributed by atoms with Gasteiger partial charge in [0, 0.05) is 5.56 Å². The summed E-state index contributed by atoms with van der Waals surface area (Å²) in [6.07, 6.45) is -1.19. The zero-order valence-electron chi connectivity index (χ0n) is 14.6. The van der Waals surface area contributed by atoms with Crippen molar-refractivity contribution in [1.29, 1.82) is 0 Å². The third kappa shape index (κ3) is 3.30. The van der Waals surface area contributed by atoms with Gasteiger partial charge in [0.05, 0.1) is 41.2 Å². The number of nitrogens with zero attached hydrogens (tertiary/aromatic N) is 4. The molecule has 1 aromatic carbocycles. The van der Waals surface area contributed by atoms with Gasteiger partial charge < -0.3 is 5.11 Å². The van der Waals surface area contributed by atoms with Crippen LogP contribution >= 0.6 is 0 Å². The van der Waals surface area contributed by atoms with Gasteiger partial charge >= 0.3 is 6.18 Å². The zero-order valence-corrected chi connectivity index (χ0v) is 15.4. The average Bonchev–Trinajstić information content (AvgIpc) is 3.15. The molecular weight excluding hydrogens is 397 g/mol. The van der Waals surface area contributed by atoms with Crippen LogP contribution in [-0.2, 0) is 16.0 Å². The second-order valence-electron chi connectivity index (χ2n) is 6.82. The molecule has 3 aromatic rings. The number of halogens is 3. The Balaban J connectivity index is 1.75. The molecule has 0 unspecified atom stereocenters. The summed E-state index contributed by atoms with van der Waals surface area (Å²) in [5.74, 6) is -0.465. The van der Waals surface area contributed by atoms with E-state index in [1.54, 1.807) is 6.20 Å². The Hall–Kier alpha value is -2.69.